The Labute approximate surface area is 209 Å². The molecule has 190 valence electrons. The lowest BCUT2D eigenvalue weighted by molar-refractivity contribution is -0.132. The van der Waals surface area contributed by atoms with Crippen LogP contribution in [0, 0.1) is 17.2 Å². The van der Waals surface area contributed by atoms with Crippen molar-refractivity contribution in [2.24, 2.45) is 5.92 Å². The molecule has 2 aromatic rings. The monoisotopic (exact) mass is 482 g/mol. The van der Waals surface area contributed by atoms with Crippen LogP contribution in [0.15, 0.2) is 36.4 Å². The van der Waals surface area contributed by atoms with Crippen molar-refractivity contribution >= 4 is 5.97 Å². The highest BCUT2D eigenvalue weighted by atomic mass is 16.6. The fourth-order valence-electron chi connectivity index (χ4n) is 4.25. The smallest absolute Gasteiger partial charge is 0.308 e. The number of carbonyl (C=O) groups excluding carboxylic acids is 1. The summed E-state index contributed by atoms with van der Waals surface area (Å²) >= 11 is 0. The van der Waals surface area contributed by atoms with Gasteiger partial charge in [0.15, 0.2) is 23.0 Å². The summed E-state index contributed by atoms with van der Waals surface area (Å²) in [5, 5.41) is 9.57. The third kappa shape index (κ3) is 8.18. The molecule has 0 heterocycles. The third-order valence-electron chi connectivity index (χ3n) is 6.17. The number of likely N-dealkylation sites (N-methyl/N-ethyl adjacent to an activating group) is 1. The second-order valence-corrected chi connectivity index (χ2v) is 8.63. The summed E-state index contributed by atoms with van der Waals surface area (Å²) in [7, 11) is 6.93. The molecule has 7 nitrogen and oxygen atoms in total. The minimum Gasteiger partial charge on any atom is -0.493 e. The zero-order valence-corrected chi connectivity index (χ0v) is 21.8. The molecule has 2 aromatic carbocycles. The summed E-state index contributed by atoms with van der Waals surface area (Å²) in [4.78, 5) is 13.8. The Bertz CT molecular complexity index is 1000. The van der Waals surface area contributed by atoms with Gasteiger partial charge in [0.25, 0.3) is 0 Å². The van der Waals surface area contributed by atoms with Crippen LogP contribution in [-0.2, 0) is 11.2 Å². The van der Waals surface area contributed by atoms with Gasteiger partial charge in [0, 0.05) is 25.4 Å². The predicted molar refractivity (Wildman–Crippen MR) is 136 cm³/mol. The van der Waals surface area contributed by atoms with E-state index in [1.165, 1.54) is 6.92 Å². The zero-order chi connectivity index (χ0) is 25.8. The van der Waals surface area contributed by atoms with E-state index >= 15 is 0 Å². The van der Waals surface area contributed by atoms with Crippen molar-refractivity contribution in [2.45, 2.75) is 52.0 Å². The summed E-state index contributed by atoms with van der Waals surface area (Å²) < 4.78 is 21.6. The number of esters is 1. The van der Waals surface area contributed by atoms with E-state index in [0.717, 1.165) is 49.8 Å². The fourth-order valence-corrected chi connectivity index (χ4v) is 4.25. The van der Waals surface area contributed by atoms with Crippen LogP contribution in [0.3, 0.4) is 0 Å². The number of nitrogens with zero attached hydrogens (tertiary/aromatic N) is 2. The molecule has 0 bridgehead atoms. The number of hydrogen-bond donors (Lipinski definition) is 0. The molecule has 0 aliphatic carbocycles. The lowest BCUT2D eigenvalue weighted by Gasteiger charge is -2.30. The second kappa shape index (κ2) is 14.2. The van der Waals surface area contributed by atoms with Crippen LogP contribution in [0.25, 0.3) is 0 Å². The van der Waals surface area contributed by atoms with Crippen LogP contribution in [0.2, 0.25) is 0 Å². The minimum absolute atomic E-state index is 0.0314. The maximum absolute atomic E-state index is 11.5. The van der Waals surface area contributed by atoms with Crippen molar-refractivity contribution in [2.75, 3.05) is 34.9 Å². The van der Waals surface area contributed by atoms with Gasteiger partial charge in [0.1, 0.15) is 0 Å². The number of ether oxygens (including phenoxy) is 4. The van der Waals surface area contributed by atoms with Gasteiger partial charge in [-0.2, -0.15) is 5.26 Å². The lowest BCUT2D eigenvalue weighted by Crippen LogP contribution is -2.27. The Kier molecular flexibility index (Phi) is 11.4. The highest BCUT2D eigenvalue weighted by molar-refractivity contribution is 5.70. The highest BCUT2D eigenvalue weighted by Crippen LogP contribution is 2.35. The molecule has 0 fully saturated rings. The van der Waals surface area contributed by atoms with Crippen molar-refractivity contribution in [1.29, 1.82) is 5.26 Å². The fraction of sp³-hybridized carbons (Fsp3) is 0.500. The molecule has 35 heavy (non-hydrogen) atoms. The van der Waals surface area contributed by atoms with E-state index in [0.29, 0.717) is 23.0 Å². The van der Waals surface area contributed by atoms with Crippen molar-refractivity contribution in [3.05, 3.63) is 47.5 Å². The molecule has 0 spiro atoms. The topological polar surface area (TPSA) is 81.0 Å². The van der Waals surface area contributed by atoms with Crippen molar-refractivity contribution in [3.63, 3.8) is 0 Å². The molecule has 2 atom stereocenters. The van der Waals surface area contributed by atoms with Crippen molar-refractivity contribution < 1.29 is 23.7 Å². The van der Waals surface area contributed by atoms with E-state index in [4.69, 9.17) is 18.9 Å². The van der Waals surface area contributed by atoms with Gasteiger partial charge in [-0.25, -0.2) is 0 Å². The molecule has 0 aromatic heterocycles. The first-order valence-electron chi connectivity index (χ1n) is 12.0. The molecular formula is C28H38N2O5. The van der Waals surface area contributed by atoms with Gasteiger partial charge in [-0.3, -0.25) is 9.69 Å². The summed E-state index contributed by atoms with van der Waals surface area (Å²) in [5.41, 5.74) is 2.21. The molecule has 0 amide bonds. The van der Waals surface area contributed by atoms with Gasteiger partial charge in [-0.15, -0.1) is 0 Å². The second-order valence-electron chi connectivity index (χ2n) is 8.63. The molecule has 0 radical (unpaired) electrons. The van der Waals surface area contributed by atoms with E-state index < -0.39 is 5.97 Å². The quantitative estimate of drug-likeness (QED) is 0.257. The van der Waals surface area contributed by atoms with Gasteiger partial charge in [-0.1, -0.05) is 25.5 Å². The average molecular weight is 483 g/mol. The molecule has 0 saturated heterocycles. The summed E-state index contributed by atoms with van der Waals surface area (Å²) in [6.07, 6.45) is 4.35. The Morgan fingerprint density at radius 1 is 0.943 bits per heavy atom. The van der Waals surface area contributed by atoms with E-state index in [2.05, 4.69) is 24.9 Å². The standard InChI is InChI=1S/C28H38N2O5/c1-7-8-22(19-29)9-12-24(23-11-14-26(35-20(2)31)28(18-23)34-6)30(3)16-15-21-10-13-25(32-4)27(17-21)33-5/h10-11,13-14,17-18,22,24H,7-9,12,15-16H2,1-6H3. The van der Waals surface area contributed by atoms with Gasteiger partial charge >= 0.3 is 5.97 Å². The number of hydrogen-bond acceptors (Lipinski definition) is 7. The van der Waals surface area contributed by atoms with Gasteiger partial charge in [-0.05, 0) is 68.1 Å². The van der Waals surface area contributed by atoms with E-state index in [1.54, 1.807) is 27.4 Å². The summed E-state index contributed by atoms with van der Waals surface area (Å²) in [6, 6.07) is 14.2. The minimum atomic E-state index is -0.393. The first kappa shape index (κ1) is 28.0. The maximum atomic E-state index is 11.5. The molecule has 7 heteroatoms. The normalized spacial score (nSPS) is 12.5. The van der Waals surface area contributed by atoms with Crippen LogP contribution in [-0.4, -0.2) is 45.8 Å². The van der Waals surface area contributed by atoms with Gasteiger partial charge in [0.05, 0.1) is 27.4 Å². The maximum Gasteiger partial charge on any atom is 0.308 e. The molecule has 0 saturated carbocycles. The van der Waals surface area contributed by atoms with Crippen molar-refractivity contribution in [1.82, 2.24) is 4.90 Å². The van der Waals surface area contributed by atoms with Crippen LogP contribution < -0.4 is 18.9 Å². The lowest BCUT2D eigenvalue weighted by atomic mass is 9.92. The van der Waals surface area contributed by atoms with E-state index in [-0.39, 0.29) is 12.0 Å². The SMILES string of the molecule is CCCC(C#N)CCC(c1ccc(OC(C)=O)c(OC)c1)N(C)CCc1ccc(OC)c(OC)c1. The van der Waals surface area contributed by atoms with Crippen LogP contribution in [0.1, 0.15) is 56.7 Å². The molecule has 0 aliphatic heterocycles. The zero-order valence-electron chi connectivity index (χ0n) is 21.8. The van der Waals surface area contributed by atoms with Gasteiger partial charge < -0.3 is 18.9 Å². The van der Waals surface area contributed by atoms with Crippen LogP contribution in [0.4, 0.5) is 0 Å². The number of methoxy groups -OCH3 is 3. The molecule has 2 unspecified atom stereocenters. The Morgan fingerprint density at radius 2 is 1.60 bits per heavy atom. The first-order chi connectivity index (χ1) is 16.9. The highest BCUT2D eigenvalue weighted by Gasteiger charge is 2.21. The Hall–Kier alpha value is -3.24. The number of rotatable bonds is 14. The Morgan fingerprint density at radius 3 is 2.20 bits per heavy atom. The van der Waals surface area contributed by atoms with Crippen LogP contribution in [0.5, 0.6) is 23.0 Å². The first-order valence-corrected chi connectivity index (χ1v) is 12.0. The molecular weight excluding hydrogens is 444 g/mol. The molecule has 2 rings (SSSR count). The van der Waals surface area contributed by atoms with Gasteiger partial charge in [0.2, 0.25) is 0 Å². The molecule has 0 N–H and O–H groups in total. The van der Waals surface area contributed by atoms with E-state index in [9.17, 15) is 10.1 Å². The van der Waals surface area contributed by atoms with E-state index in [1.807, 2.05) is 30.3 Å². The molecule has 0 aliphatic rings. The van der Waals surface area contributed by atoms with Crippen molar-refractivity contribution in [3.8, 4) is 29.1 Å². The van der Waals surface area contributed by atoms with Crippen LogP contribution >= 0.6 is 0 Å². The number of carbonyl (C=O) groups is 1. The summed E-state index contributed by atoms with van der Waals surface area (Å²) in [5.74, 6) is 1.98. The third-order valence-corrected chi connectivity index (χ3v) is 6.17. The number of benzene rings is 2. The average Bonchev–Trinajstić information content (AvgIpc) is 2.86. The number of nitriles is 1. The Balaban J connectivity index is 2.26. The predicted octanol–water partition coefficient (Wildman–Crippen LogP) is 5.57. The largest absolute Gasteiger partial charge is 0.493 e. The summed E-state index contributed by atoms with van der Waals surface area (Å²) in [6.45, 7) is 4.28.